The summed E-state index contributed by atoms with van der Waals surface area (Å²) in [6, 6.07) is 3.60. The van der Waals surface area contributed by atoms with Gasteiger partial charge in [-0.1, -0.05) is 0 Å². The highest BCUT2D eigenvalue weighted by Crippen LogP contribution is 2.20. The number of thiophene rings is 1. The number of carbonyl (C=O) groups excluding carboxylic acids is 1. The van der Waals surface area contributed by atoms with Gasteiger partial charge in [0.25, 0.3) is 5.91 Å². The molecule has 5 heteroatoms. The third-order valence-corrected chi connectivity index (χ3v) is 3.46. The Morgan fingerprint density at radius 3 is 3.00 bits per heavy atom. The van der Waals surface area contributed by atoms with Crippen molar-refractivity contribution in [2.24, 2.45) is 0 Å². The van der Waals surface area contributed by atoms with Crippen LogP contribution in [0.3, 0.4) is 0 Å². The van der Waals surface area contributed by atoms with E-state index in [0.717, 1.165) is 16.1 Å². The Bertz CT molecular complexity index is 522. The summed E-state index contributed by atoms with van der Waals surface area (Å²) in [7, 11) is 0. The molecule has 2 aromatic heterocycles. The number of anilines is 1. The van der Waals surface area contributed by atoms with Crippen LogP contribution in [-0.4, -0.2) is 10.9 Å². The largest absolute Gasteiger partial charge is 0.320 e. The molecule has 0 atom stereocenters. The lowest BCUT2D eigenvalue weighted by Crippen LogP contribution is -2.11. The molecule has 0 aliphatic carbocycles. The maximum Gasteiger partial charge on any atom is 0.265 e. The Kier molecular flexibility index (Phi) is 3.26. The summed E-state index contributed by atoms with van der Waals surface area (Å²) in [5.41, 5.74) is 1.73. The highest BCUT2D eigenvalue weighted by Gasteiger charge is 2.09. The third kappa shape index (κ3) is 2.43. The van der Waals surface area contributed by atoms with Crippen LogP contribution in [0.1, 0.15) is 15.2 Å². The van der Waals surface area contributed by atoms with Gasteiger partial charge in [0.1, 0.15) is 0 Å². The minimum atomic E-state index is -0.124. The maximum absolute atomic E-state index is 11.8. The van der Waals surface area contributed by atoms with Crippen LogP contribution in [0.25, 0.3) is 0 Å². The first kappa shape index (κ1) is 11.2. The number of rotatable bonds is 2. The van der Waals surface area contributed by atoms with E-state index in [0.29, 0.717) is 4.88 Å². The van der Waals surface area contributed by atoms with E-state index in [1.165, 1.54) is 11.3 Å². The summed E-state index contributed by atoms with van der Waals surface area (Å²) < 4.78 is 0. The molecule has 16 heavy (non-hydrogen) atoms. The molecular formula is C11H10N2OS2. The predicted molar refractivity (Wildman–Crippen MR) is 68.5 cm³/mol. The molecule has 1 amide bonds. The number of thiol groups is 1. The fraction of sp³-hybridized carbons (Fsp3) is 0.0909. The van der Waals surface area contributed by atoms with Crippen LogP contribution in [0, 0.1) is 6.92 Å². The molecule has 2 aromatic rings. The van der Waals surface area contributed by atoms with Crippen LogP contribution in [0.5, 0.6) is 0 Å². The molecule has 0 radical (unpaired) electrons. The second-order valence-electron chi connectivity index (χ2n) is 3.31. The SMILES string of the molecule is Cc1ccncc1NC(=O)c1cc(S)cs1. The smallest absolute Gasteiger partial charge is 0.265 e. The highest BCUT2D eigenvalue weighted by atomic mass is 32.1. The van der Waals surface area contributed by atoms with Gasteiger partial charge in [0.2, 0.25) is 0 Å². The average Bonchev–Trinajstić information content (AvgIpc) is 2.68. The van der Waals surface area contributed by atoms with Crippen molar-refractivity contribution in [1.82, 2.24) is 4.98 Å². The van der Waals surface area contributed by atoms with Gasteiger partial charge >= 0.3 is 0 Å². The van der Waals surface area contributed by atoms with Gasteiger partial charge in [-0.05, 0) is 24.6 Å². The van der Waals surface area contributed by atoms with Gasteiger partial charge in [-0.25, -0.2) is 0 Å². The molecule has 0 aromatic carbocycles. The molecular weight excluding hydrogens is 240 g/mol. The Balaban J connectivity index is 2.17. The number of carbonyl (C=O) groups is 1. The molecule has 2 rings (SSSR count). The summed E-state index contributed by atoms with van der Waals surface area (Å²) in [5.74, 6) is -0.124. The summed E-state index contributed by atoms with van der Waals surface area (Å²) in [5, 5.41) is 4.64. The van der Waals surface area contributed by atoms with Crippen molar-refractivity contribution in [3.8, 4) is 0 Å². The van der Waals surface area contributed by atoms with Gasteiger partial charge in [0.05, 0.1) is 16.8 Å². The number of hydrogen-bond donors (Lipinski definition) is 2. The van der Waals surface area contributed by atoms with Crippen LogP contribution in [-0.2, 0) is 0 Å². The zero-order valence-electron chi connectivity index (χ0n) is 8.60. The number of amides is 1. The molecule has 0 unspecified atom stereocenters. The molecule has 0 saturated carbocycles. The van der Waals surface area contributed by atoms with Crippen LogP contribution < -0.4 is 5.32 Å². The summed E-state index contributed by atoms with van der Waals surface area (Å²) >= 11 is 5.54. The van der Waals surface area contributed by atoms with Gasteiger partial charge < -0.3 is 5.32 Å². The van der Waals surface area contributed by atoms with Crippen molar-refractivity contribution >= 4 is 35.6 Å². The van der Waals surface area contributed by atoms with Crippen molar-refractivity contribution in [2.75, 3.05) is 5.32 Å². The Morgan fingerprint density at radius 2 is 2.38 bits per heavy atom. The fourth-order valence-electron chi connectivity index (χ4n) is 1.22. The average molecular weight is 250 g/mol. The number of nitrogens with zero attached hydrogens (tertiary/aromatic N) is 1. The number of aromatic nitrogens is 1. The summed E-state index contributed by atoms with van der Waals surface area (Å²) in [6.07, 6.45) is 3.34. The molecule has 3 nitrogen and oxygen atoms in total. The molecule has 0 aliphatic heterocycles. The van der Waals surface area contributed by atoms with Crippen molar-refractivity contribution in [3.05, 3.63) is 40.3 Å². The molecule has 0 aliphatic rings. The minimum Gasteiger partial charge on any atom is -0.320 e. The summed E-state index contributed by atoms with van der Waals surface area (Å²) in [4.78, 5) is 17.2. The van der Waals surface area contributed by atoms with E-state index in [-0.39, 0.29) is 5.91 Å². The van der Waals surface area contributed by atoms with Gasteiger partial charge in [0, 0.05) is 16.5 Å². The lowest BCUT2D eigenvalue weighted by atomic mass is 10.2. The molecule has 0 spiro atoms. The molecule has 1 N–H and O–H groups in total. The lowest BCUT2D eigenvalue weighted by molar-refractivity contribution is 0.103. The Morgan fingerprint density at radius 1 is 1.56 bits per heavy atom. The second-order valence-corrected chi connectivity index (χ2v) is 4.74. The van der Waals surface area contributed by atoms with E-state index in [4.69, 9.17) is 0 Å². The molecule has 0 bridgehead atoms. The van der Waals surface area contributed by atoms with Crippen molar-refractivity contribution in [2.45, 2.75) is 11.8 Å². The van der Waals surface area contributed by atoms with Gasteiger partial charge in [-0.15, -0.1) is 24.0 Å². The van der Waals surface area contributed by atoms with E-state index in [1.54, 1.807) is 18.5 Å². The van der Waals surface area contributed by atoms with E-state index < -0.39 is 0 Å². The monoisotopic (exact) mass is 250 g/mol. The predicted octanol–water partition coefficient (Wildman–Crippen LogP) is 2.99. The Labute approximate surface area is 103 Å². The van der Waals surface area contributed by atoms with Gasteiger partial charge in [-0.3, -0.25) is 9.78 Å². The lowest BCUT2D eigenvalue weighted by Gasteiger charge is -2.05. The quantitative estimate of drug-likeness (QED) is 0.805. The van der Waals surface area contributed by atoms with Crippen LogP contribution in [0.2, 0.25) is 0 Å². The zero-order chi connectivity index (χ0) is 11.5. The van der Waals surface area contributed by atoms with E-state index >= 15 is 0 Å². The first-order chi connectivity index (χ1) is 7.66. The van der Waals surface area contributed by atoms with Crippen LogP contribution in [0.15, 0.2) is 34.8 Å². The standard InChI is InChI=1S/C11H10N2OS2/c1-7-2-3-12-5-9(7)13-11(14)10-4-8(15)6-16-10/h2-6,15H,1H3,(H,13,14). The molecule has 2 heterocycles. The number of hydrogen-bond acceptors (Lipinski definition) is 4. The second kappa shape index (κ2) is 4.67. The topological polar surface area (TPSA) is 42.0 Å². The first-order valence-electron chi connectivity index (χ1n) is 4.66. The number of nitrogens with one attached hydrogen (secondary N) is 1. The van der Waals surface area contributed by atoms with Gasteiger partial charge in [0.15, 0.2) is 0 Å². The van der Waals surface area contributed by atoms with Crippen LogP contribution >= 0.6 is 24.0 Å². The normalized spacial score (nSPS) is 10.1. The van der Waals surface area contributed by atoms with E-state index in [1.807, 2.05) is 18.4 Å². The minimum absolute atomic E-state index is 0.124. The fourth-order valence-corrected chi connectivity index (χ4v) is 2.27. The first-order valence-corrected chi connectivity index (χ1v) is 5.99. The molecule has 0 fully saturated rings. The molecule has 0 saturated heterocycles. The third-order valence-electron chi connectivity index (χ3n) is 2.10. The number of aryl methyl sites for hydroxylation is 1. The van der Waals surface area contributed by atoms with Crippen LogP contribution in [0.4, 0.5) is 5.69 Å². The Hall–Kier alpha value is -1.33. The van der Waals surface area contributed by atoms with Crippen molar-refractivity contribution < 1.29 is 4.79 Å². The highest BCUT2D eigenvalue weighted by molar-refractivity contribution is 7.80. The van der Waals surface area contributed by atoms with Gasteiger partial charge in [-0.2, -0.15) is 0 Å². The zero-order valence-corrected chi connectivity index (χ0v) is 10.3. The molecule has 82 valence electrons. The van der Waals surface area contributed by atoms with Crippen molar-refractivity contribution in [3.63, 3.8) is 0 Å². The van der Waals surface area contributed by atoms with E-state index in [2.05, 4.69) is 22.9 Å². The maximum atomic E-state index is 11.8. The van der Waals surface area contributed by atoms with Crippen molar-refractivity contribution in [1.29, 1.82) is 0 Å². The van der Waals surface area contributed by atoms with E-state index in [9.17, 15) is 4.79 Å². The number of pyridine rings is 1. The summed E-state index contributed by atoms with van der Waals surface area (Å²) in [6.45, 7) is 1.93.